The van der Waals surface area contributed by atoms with Crippen LogP contribution in [0.3, 0.4) is 0 Å². The van der Waals surface area contributed by atoms with Gasteiger partial charge in [0.1, 0.15) is 0 Å². The van der Waals surface area contributed by atoms with Crippen LogP contribution in [0.1, 0.15) is 44.9 Å². The lowest BCUT2D eigenvalue weighted by Crippen LogP contribution is -2.54. The molecule has 1 unspecified atom stereocenters. The number of methoxy groups -OCH3 is 1. The Kier molecular flexibility index (Phi) is 9.89. The van der Waals surface area contributed by atoms with Gasteiger partial charge >= 0.3 is 0 Å². The summed E-state index contributed by atoms with van der Waals surface area (Å²) in [5, 5.41) is 3.69. The predicted octanol–water partition coefficient (Wildman–Crippen LogP) is 2.80. The first kappa shape index (κ1) is 22.0. The average Bonchev–Trinajstić information content (AvgIpc) is 2.85. The summed E-state index contributed by atoms with van der Waals surface area (Å²) in [6, 6.07) is 0. The number of aliphatic imine (C=N–C) groups is 1. The van der Waals surface area contributed by atoms with Crippen molar-refractivity contribution in [1.29, 1.82) is 0 Å². The summed E-state index contributed by atoms with van der Waals surface area (Å²) in [7, 11) is 8.17. The van der Waals surface area contributed by atoms with Crippen molar-refractivity contribution in [3.63, 3.8) is 0 Å². The van der Waals surface area contributed by atoms with Gasteiger partial charge in [0.25, 0.3) is 0 Å². The average molecular weight is 452 g/mol. The van der Waals surface area contributed by atoms with Gasteiger partial charge < -0.3 is 19.9 Å². The van der Waals surface area contributed by atoms with Gasteiger partial charge in [-0.3, -0.25) is 4.99 Å². The maximum absolute atomic E-state index is 5.31. The molecule has 1 saturated heterocycles. The van der Waals surface area contributed by atoms with Crippen molar-refractivity contribution in [3.05, 3.63) is 0 Å². The highest BCUT2D eigenvalue weighted by atomic mass is 127. The predicted molar refractivity (Wildman–Crippen MR) is 112 cm³/mol. The van der Waals surface area contributed by atoms with Crippen LogP contribution in [0.25, 0.3) is 0 Å². The van der Waals surface area contributed by atoms with Gasteiger partial charge in [-0.05, 0) is 33.4 Å². The molecule has 2 fully saturated rings. The van der Waals surface area contributed by atoms with Crippen LogP contribution in [0, 0.1) is 5.92 Å². The Morgan fingerprint density at radius 2 is 1.92 bits per heavy atom. The second-order valence-electron chi connectivity index (χ2n) is 7.49. The van der Waals surface area contributed by atoms with E-state index in [1.807, 2.05) is 7.05 Å². The number of guanidine groups is 1. The largest absolute Gasteiger partial charge is 0.384 e. The lowest BCUT2D eigenvalue weighted by atomic mass is 9.88. The van der Waals surface area contributed by atoms with E-state index in [1.54, 1.807) is 7.11 Å². The second-order valence-corrected chi connectivity index (χ2v) is 7.49. The van der Waals surface area contributed by atoms with Gasteiger partial charge in [0.2, 0.25) is 0 Å². The van der Waals surface area contributed by atoms with E-state index in [1.165, 1.54) is 44.9 Å². The fourth-order valence-electron chi connectivity index (χ4n) is 4.14. The maximum Gasteiger partial charge on any atom is 0.193 e. The topological polar surface area (TPSA) is 40.1 Å². The smallest absolute Gasteiger partial charge is 0.193 e. The number of ether oxygens (including phenoxy) is 1. The van der Waals surface area contributed by atoms with Crippen molar-refractivity contribution in [3.8, 4) is 0 Å². The Balaban J connectivity index is 0.00000288. The summed E-state index contributed by atoms with van der Waals surface area (Å²) in [5.41, 5.74) is 0.276. The van der Waals surface area contributed by atoms with Crippen molar-refractivity contribution in [1.82, 2.24) is 15.1 Å². The number of halogens is 1. The van der Waals surface area contributed by atoms with Crippen molar-refractivity contribution >= 4 is 29.9 Å². The van der Waals surface area contributed by atoms with Gasteiger partial charge in [-0.2, -0.15) is 0 Å². The van der Waals surface area contributed by atoms with Crippen LogP contribution in [-0.4, -0.2) is 75.8 Å². The number of hydrogen-bond acceptors (Lipinski definition) is 3. The molecule has 24 heavy (non-hydrogen) atoms. The van der Waals surface area contributed by atoms with E-state index < -0.39 is 0 Å². The molecule has 0 spiro atoms. The molecule has 2 aliphatic rings. The minimum absolute atomic E-state index is 0. The molecule has 1 heterocycles. The molecule has 0 bridgehead atoms. The fourth-order valence-corrected chi connectivity index (χ4v) is 4.14. The third-order valence-corrected chi connectivity index (χ3v) is 5.76. The molecule has 1 N–H and O–H groups in total. The molecular formula is C18H37IN4O. The molecular weight excluding hydrogens is 415 g/mol. The summed E-state index contributed by atoms with van der Waals surface area (Å²) in [5.74, 6) is 1.70. The third-order valence-electron chi connectivity index (χ3n) is 5.76. The minimum Gasteiger partial charge on any atom is -0.384 e. The molecule has 0 amide bonds. The summed E-state index contributed by atoms with van der Waals surface area (Å²) >= 11 is 0. The van der Waals surface area contributed by atoms with Crippen molar-refractivity contribution < 1.29 is 4.74 Å². The van der Waals surface area contributed by atoms with E-state index in [9.17, 15) is 0 Å². The summed E-state index contributed by atoms with van der Waals surface area (Å²) in [4.78, 5) is 9.37. The normalized spacial score (nSPS) is 24.6. The molecule has 1 aliphatic heterocycles. The van der Waals surface area contributed by atoms with Crippen LogP contribution >= 0.6 is 24.0 Å². The molecule has 5 nitrogen and oxygen atoms in total. The quantitative estimate of drug-likeness (QED) is 0.302. The van der Waals surface area contributed by atoms with Gasteiger partial charge in [-0.15, -0.1) is 24.0 Å². The van der Waals surface area contributed by atoms with Crippen LogP contribution in [-0.2, 0) is 4.74 Å². The Labute approximate surface area is 165 Å². The first-order valence-electron chi connectivity index (χ1n) is 9.23. The van der Waals surface area contributed by atoms with Gasteiger partial charge in [0.05, 0.1) is 6.61 Å². The summed E-state index contributed by atoms with van der Waals surface area (Å²) in [6.07, 6.45) is 9.24. The lowest BCUT2D eigenvalue weighted by molar-refractivity contribution is 0.131. The molecule has 0 radical (unpaired) electrons. The standard InChI is InChI=1S/C18H36N4O.HI/c1-19-17(22-12-9-16(13-22)14-23-4)20-15-18(21(2)3)10-7-5-6-8-11-18;/h16H,5-15H2,1-4H3,(H,19,20);1H. The molecule has 6 heteroatoms. The van der Waals surface area contributed by atoms with Gasteiger partial charge in [0, 0.05) is 45.2 Å². The van der Waals surface area contributed by atoms with Gasteiger partial charge in [-0.1, -0.05) is 25.7 Å². The zero-order chi connectivity index (χ0) is 16.7. The molecule has 0 aromatic heterocycles. The van der Waals surface area contributed by atoms with E-state index >= 15 is 0 Å². The molecule has 1 atom stereocenters. The first-order chi connectivity index (χ1) is 11.1. The van der Waals surface area contributed by atoms with E-state index in [0.29, 0.717) is 5.92 Å². The molecule has 1 aliphatic carbocycles. The van der Waals surface area contributed by atoms with Gasteiger partial charge in [-0.25, -0.2) is 0 Å². The molecule has 2 rings (SSSR count). The monoisotopic (exact) mass is 452 g/mol. The fraction of sp³-hybridized carbons (Fsp3) is 0.944. The Morgan fingerprint density at radius 3 is 2.46 bits per heavy atom. The molecule has 0 aromatic carbocycles. The minimum atomic E-state index is 0. The second kappa shape index (κ2) is 10.8. The zero-order valence-corrected chi connectivity index (χ0v) is 18.3. The zero-order valence-electron chi connectivity index (χ0n) is 16.0. The Hall–Kier alpha value is -0.0800. The number of rotatable bonds is 5. The Bertz CT molecular complexity index is 381. The highest BCUT2D eigenvalue weighted by Gasteiger charge is 2.34. The van der Waals surface area contributed by atoms with E-state index in [-0.39, 0.29) is 29.5 Å². The van der Waals surface area contributed by atoms with Crippen LogP contribution < -0.4 is 5.32 Å². The highest BCUT2D eigenvalue weighted by molar-refractivity contribution is 14.0. The van der Waals surface area contributed by atoms with Crippen LogP contribution in [0.15, 0.2) is 4.99 Å². The number of nitrogens with zero attached hydrogens (tertiary/aromatic N) is 3. The third kappa shape index (κ3) is 5.73. The Morgan fingerprint density at radius 1 is 1.25 bits per heavy atom. The van der Waals surface area contributed by atoms with Crippen LogP contribution in [0.2, 0.25) is 0 Å². The highest BCUT2D eigenvalue weighted by Crippen LogP contribution is 2.30. The first-order valence-corrected chi connectivity index (χ1v) is 9.23. The number of likely N-dealkylation sites (tertiary alicyclic amines) is 1. The summed E-state index contributed by atoms with van der Waals surface area (Å²) in [6.45, 7) is 4.00. The van der Waals surface area contributed by atoms with E-state index in [2.05, 4.69) is 34.2 Å². The van der Waals surface area contributed by atoms with Crippen LogP contribution in [0.5, 0.6) is 0 Å². The van der Waals surface area contributed by atoms with Crippen molar-refractivity contribution in [2.75, 3.05) is 54.5 Å². The number of nitrogens with one attached hydrogen (secondary N) is 1. The van der Waals surface area contributed by atoms with Crippen LogP contribution in [0.4, 0.5) is 0 Å². The van der Waals surface area contributed by atoms with Crippen molar-refractivity contribution in [2.45, 2.75) is 50.5 Å². The molecule has 0 aromatic rings. The number of hydrogen-bond donors (Lipinski definition) is 1. The number of likely N-dealkylation sites (N-methyl/N-ethyl adjacent to an activating group) is 1. The SMILES string of the molecule is CN=C(NCC1(N(C)C)CCCCCC1)N1CCC(COC)C1.I. The molecule has 142 valence electrons. The van der Waals surface area contributed by atoms with E-state index in [4.69, 9.17) is 4.74 Å². The maximum atomic E-state index is 5.31. The van der Waals surface area contributed by atoms with Crippen molar-refractivity contribution in [2.24, 2.45) is 10.9 Å². The van der Waals surface area contributed by atoms with E-state index in [0.717, 1.165) is 32.2 Å². The lowest BCUT2D eigenvalue weighted by Gasteiger charge is -2.40. The summed E-state index contributed by atoms with van der Waals surface area (Å²) < 4.78 is 5.31. The molecule has 1 saturated carbocycles. The van der Waals surface area contributed by atoms with Gasteiger partial charge in [0.15, 0.2) is 5.96 Å².